The van der Waals surface area contributed by atoms with E-state index in [4.69, 9.17) is 0 Å². The molecule has 2 rings (SSSR count). The molecule has 0 spiro atoms. The lowest BCUT2D eigenvalue weighted by Gasteiger charge is -2.36. The summed E-state index contributed by atoms with van der Waals surface area (Å²) in [5.41, 5.74) is 0.573. The molecule has 0 aromatic carbocycles. The van der Waals surface area contributed by atoms with E-state index in [2.05, 4.69) is 0 Å². The highest BCUT2D eigenvalue weighted by molar-refractivity contribution is 5.95. The molecule has 1 aliphatic rings. The van der Waals surface area contributed by atoms with Crippen molar-refractivity contribution in [1.82, 2.24) is 9.47 Å². The molecule has 1 aliphatic heterocycles. The van der Waals surface area contributed by atoms with Crippen LogP contribution in [-0.4, -0.2) is 39.0 Å². The highest BCUT2D eigenvalue weighted by Crippen LogP contribution is 2.24. The SMILES string of the molecule is CCn1cccc1C(=O)N1CCC(C)CC1C(=O)O. The summed E-state index contributed by atoms with van der Waals surface area (Å²) < 4.78 is 1.85. The van der Waals surface area contributed by atoms with Crippen molar-refractivity contribution < 1.29 is 14.7 Å². The van der Waals surface area contributed by atoms with E-state index in [0.29, 0.717) is 31.1 Å². The van der Waals surface area contributed by atoms with Crippen LogP contribution in [0.5, 0.6) is 0 Å². The molecule has 1 amide bonds. The number of aromatic nitrogens is 1. The van der Waals surface area contributed by atoms with Crippen LogP contribution in [0.3, 0.4) is 0 Å². The Morgan fingerprint density at radius 1 is 1.47 bits per heavy atom. The first kappa shape index (κ1) is 13.6. The van der Waals surface area contributed by atoms with E-state index in [0.717, 1.165) is 6.42 Å². The Labute approximate surface area is 112 Å². The monoisotopic (exact) mass is 264 g/mol. The third-order valence-electron chi connectivity index (χ3n) is 3.80. The Morgan fingerprint density at radius 2 is 2.21 bits per heavy atom. The topological polar surface area (TPSA) is 62.5 Å². The van der Waals surface area contributed by atoms with Crippen molar-refractivity contribution in [1.29, 1.82) is 0 Å². The van der Waals surface area contributed by atoms with Gasteiger partial charge >= 0.3 is 5.97 Å². The molecular weight excluding hydrogens is 244 g/mol. The van der Waals surface area contributed by atoms with Gasteiger partial charge in [0.1, 0.15) is 11.7 Å². The molecule has 1 N–H and O–H groups in total. The van der Waals surface area contributed by atoms with Crippen molar-refractivity contribution >= 4 is 11.9 Å². The van der Waals surface area contributed by atoms with Crippen LogP contribution in [0.1, 0.15) is 37.2 Å². The molecular formula is C14H20N2O3. The number of carboxylic acid groups (broad SMARTS) is 1. The average Bonchev–Trinajstić information content (AvgIpc) is 2.86. The number of aliphatic carboxylic acids is 1. The molecule has 5 heteroatoms. The lowest BCUT2D eigenvalue weighted by molar-refractivity contribution is -0.144. The van der Waals surface area contributed by atoms with Gasteiger partial charge in [-0.2, -0.15) is 0 Å². The van der Waals surface area contributed by atoms with E-state index in [9.17, 15) is 14.7 Å². The zero-order valence-corrected chi connectivity index (χ0v) is 11.4. The van der Waals surface area contributed by atoms with Crippen LogP contribution in [0.4, 0.5) is 0 Å². The summed E-state index contributed by atoms with van der Waals surface area (Å²) in [4.78, 5) is 25.3. The molecule has 1 saturated heterocycles. The van der Waals surface area contributed by atoms with Gasteiger partial charge in [-0.15, -0.1) is 0 Å². The van der Waals surface area contributed by atoms with Gasteiger partial charge in [0.25, 0.3) is 5.91 Å². The summed E-state index contributed by atoms with van der Waals surface area (Å²) in [6.45, 7) is 5.22. The molecule has 0 aliphatic carbocycles. The standard InChI is InChI=1S/C14H20N2O3/c1-3-15-7-4-5-11(15)13(17)16-8-6-10(2)9-12(16)14(18)19/h4-5,7,10,12H,3,6,8-9H2,1-2H3,(H,18,19). The van der Waals surface area contributed by atoms with Gasteiger partial charge in [-0.3, -0.25) is 4.79 Å². The minimum atomic E-state index is -0.908. The smallest absolute Gasteiger partial charge is 0.326 e. The van der Waals surface area contributed by atoms with Crippen LogP contribution in [0.15, 0.2) is 18.3 Å². The molecule has 19 heavy (non-hydrogen) atoms. The van der Waals surface area contributed by atoms with Gasteiger partial charge in [-0.25, -0.2) is 4.79 Å². The van der Waals surface area contributed by atoms with Crippen LogP contribution >= 0.6 is 0 Å². The maximum absolute atomic E-state index is 12.5. The Bertz CT molecular complexity index is 481. The first-order valence-electron chi connectivity index (χ1n) is 6.73. The van der Waals surface area contributed by atoms with Crippen molar-refractivity contribution in [3.05, 3.63) is 24.0 Å². The summed E-state index contributed by atoms with van der Waals surface area (Å²) in [6.07, 6.45) is 3.24. The van der Waals surface area contributed by atoms with Crippen molar-refractivity contribution in [2.24, 2.45) is 5.92 Å². The number of hydrogen-bond acceptors (Lipinski definition) is 2. The molecule has 104 valence electrons. The molecule has 1 aromatic heterocycles. The summed E-state index contributed by atoms with van der Waals surface area (Å²) >= 11 is 0. The van der Waals surface area contributed by atoms with Gasteiger partial charge in [0, 0.05) is 19.3 Å². The number of carbonyl (C=O) groups is 2. The lowest BCUT2D eigenvalue weighted by atomic mass is 9.92. The highest BCUT2D eigenvalue weighted by atomic mass is 16.4. The fourth-order valence-corrected chi connectivity index (χ4v) is 2.65. The first-order chi connectivity index (χ1) is 9.04. The van der Waals surface area contributed by atoms with Crippen molar-refractivity contribution in [2.45, 2.75) is 39.3 Å². The fourth-order valence-electron chi connectivity index (χ4n) is 2.65. The molecule has 0 bridgehead atoms. The maximum atomic E-state index is 12.5. The van der Waals surface area contributed by atoms with E-state index in [1.165, 1.54) is 4.90 Å². The van der Waals surface area contributed by atoms with Gasteiger partial charge in [-0.1, -0.05) is 6.92 Å². The van der Waals surface area contributed by atoms with E-state index in [1.54, 1.807) is 6.07 Å². The van der Waals surface area contributed by atoms with Crippen LogP contribution in [0.25, 0.3) is 0 Å². The van der Waals surface area contributed by atoms with Crippen LogP contribution in [0, 0.1) is 5.92 Å². The molecule has 1 aromatic rings. The zero-order valence-electron chi connectivity index (χ0n) is 11.4. The number of nitrogens with zero attached hydrogens (tertiary/aromatic N) is 2. The molecule has 2 heterocycles. The molecule has 1 fully saturated rings. The van der Waals surface area contributed by atoms with Crippen LogP contribution in [-0.2, 0) is 11.3 Å². The number of rotatable bonds is 3. The molecule has 2 unspecified atom stereocenters. The third-order valence-corrected chi connectivity index (χ3v) is 3.80. The van der Waals surface area contributed by atoms with Gasteiger partial charge in [0.15, 0.2) is 0 Å². The number of amides is 1. The van der Waals surface area contributed by atoms with Crippen molar-refractivity contribution in [3.63, 3.8) is 0 Å². The fraction of sp³-hybridized carbons (Fsp3) is 0.571. The molecule has 2 atom stereocenters. The van der Waals surface area contributed by atoms with Gasteiger partial charge in [-0.05, 0) is 37.8 Å². The number of carbonyl (C=O) groups excluding carboxylic acids is 1. The van der Waals surface area contributed by atoms with Gasteiger partial charge in [0.05, 0.1) is 0 Å². The average molecular weight is 264 g/mol. The van der Waals surface area contributed by atoms with E-state index in [-0.39, 0.29) is 5.91 Å². The predicted octanol–water partition coefficient (Wildman–Crippen LogP) is 1.83. The number of piperidine rings is 1. The summed E-state index contributed by atoms with van der Waals surface area (Å²) in [5, 5.41) is 9.30. The van der Waals surface area contributed by atoms with E-state index in [1.807, 2.05) is 30.7 Å². The highest BCUT2D eigenvalue weighted by Gasteiger charge is 2.35. The number of hydrogen-bond donors (Lipinski definition) is 1. The summed E-state index contributed by atoms with van der Waals surface area (Å²) in [7, 11) is 0. The second-order valence-electron chi connectivity index (χ2n) is 5.16. The Morgan fingerprint density at radius 3 is 2.84 bits per heavy atom. The summed E-state index contributed by atoms with van der Waals surface area (Å²) in [5.74, 6) is -0.733. The number of aryl methyl sites for hydroxylation is 1. The lowest BCUT2D eigenvalue weighted by Crippen LogP contribution is -2.50. The zero-order chi connectivity index (χ0) is 14.0. The maximum Gasteiger partial charge on any atom is 0.326 e. The summed E-state index contributed by atoms with van der Waals surface area (Å²) in [6, 6.07) is 2.87. The largest absolute Gasteiger partial charge is 0.480 e. The van der Waals surface area contributed by atoms with Crippen LogP contribution in [0.2, 0.25) is 0 Å². The van der Waals surface area contributed by atoms with E-state index < -0.39 is 12.0 Å². The normalized spacial score (nSPS) is 23.4. The first-order valence-corrected chi connectivity index (χ1v) is 6.73. The Hall–Kier alpha value is -1.78. The van der Waals surface area contributed by atoms with Crippen molar-refractivity contribution in [2.75, 3.05) is 6.54 Å². The minimum absolute atomic E-state index is 0.175. The van der Waals surface area contributed by atoms with Gasteiger partial charge in [0.2, 0.25) is 0 Å². The second-order valence-corrected chi connectivity index (χ2v) is 5.16. The number of likely N-dealkylation sites (tertiary alicyclic amines) is 1. The number of carboxylic acids is 1. The quantitative estimate of drug-likeness (QED) is 0.906. The molecule has 0 radical (unpaired) electrons. The van der Waals surface area contributed by atoms with E-state index >= 15 is 0 Å². The van der Waals surface area contributed by atoms with Crippen LogP contribution < -0.4 is 0 Å². The van der Waals surface area contributed by atoms with Crippen molar-refractivity contribution in [3.8, 4) is 0 Å². The second kappa shape index (κ2) is 5.47. The Balaban J connectivity index is 2.24. The predicted molar refractivity (Wildman–Crippen MR) is 71.0 cm³/mol. The minimum Gasteiger partial charge on any atom is -0.480 e. The molecule has 0 saturated carbocycles. The molecule has 5 nitrogen and oxygen atoms in total. The Kier molecular flexibility index (Phi) is 3.93. The van der Waals surface area contributed by atoms with Gasteiger partial charge < -0.3 is 14.6 Å². The third kappa shape index (κ3) is 2.64.